The lowest BCUT2D eigenvalue weighted by molar-refractivity contribution is 1.08. The summed E-state index contributed by atoms with van der Waals surface area (Å²) in [5, 5.41) is 5.91. The maximum atomic E-state index is 6.03. The molecule has 0 saturated carbocycles. The van der Waals surface area contributed by atoms with Crippen molar-refractivity contribution in [3.8, 4) is 0 Å². The third kappa shape index (κ3) is 2.79. The van der Waals surface area contributed by atoms with Crippen LogP contribution in [0.4, 0.5) is 5.00 Å². The number of aromatic nitrogens is 2. The van der Waals surface area contributed by atoms with Crippen molar-refractivity contribution in [2.45, 2.75) is 10.6 Å². The van der Waals surface area contributed by atoms with E-state index in [4.69, 9.17) is 28.9 Å². The van der Waals surface area contributed by atoms with E-state index in [1.807, 2.05) is 6.07 Å². The lowest BCUT2D eigenvalue weighted by atomic mass is 10.4. The van der Waals surface area contributed by atoms with Crippen LogP contribution in [-0.2, 0) is 5.75 Å². The minimum atomic E-state index is 0.641. The molecule has 2 N–H and O–H groups in total. The molecule has 84 valence electrons. The van der Waals surface area contributed by atoms with E-state index in [0.717, 1.165) is 10.6 Å². The van der Waals surface area contributed by atoms with E-state index < -0.39 is 0 Å². The van der Waals surface area contributed by atoms with Gasteiger partial charge in [-0.05, 0) is 18.2 Å². The third-order valence-electron chi connectivity index (χ3n) is 1.84. The van der Waals surface area contributed by atoms with E-state index in [9.17, 15) is 0 Å². The van der Waals surface area contributed by atoms with Crippen LogP contribution in [0.2, 0.25) is 10.0 Å². The van der Waals surface area contributed by atoms with Gasteiger partial charge in [0.15, 0.2) is 0 Å². The summed E-state index contributed by atoms with van der Waals surface area (Å²) in [5.74, 6) is 0.641. The minimum absolute atomic E-state index is 0.641. The van der Waals surface area contributed by atoms with Gasteiger partial charge in [0.25, 0.3) is 0 Å². The molecule has 1 heterocycles. The summed E-state index contributed by atoms with van der Waals surface area (Å²) in [6, 6.07) is 5.35. The molecule has 0 atom stereocenters. The van der Waals surface area contributed by atoms with Gasteiger partial charge in [0.1, 0.15) is 10.7 Å². The maximum absolute atomic E-state index is 6.03. The Morgan fingerprint density at radius 3 is 2.88 bits per heavy atom. The Bertz CT molecular complexity index is 501. The second-order valence-electron chi connectivity index (χ2n) is 2.95. The first-order valence-corrected chi connectivity index (χ1v) is 6.83. The van der Waals surface area contributed by atoms with Crippen LogP contribution >= 0.6 is 46.5 Å². The molecule has 0 saturated heterocycles. The van der Waals surface area contributed by atoms with Crippen LogP contribution in [0.15, 0.2) is 23.1 Å². The van der Waals surface area contributed by atoms with E-state index >= 15 is 0 Å². The molecule has 7 heteroatoms. The number of anilines is 1. The number of hydrogen-bond acceptors (Lipinski definition) is 5. The van der Waals surface area contributed by atoms with Gasteiger partial charge >= 0.3 is 0 Å². The number of rotatable bonds is 3. The number of nitrogens with zero attached hydrogens (tertiary/aromatic N) is 2. The van der Waals surface area contributed by atoms with Gasteiger partial charge < -0.3 is 5.73 Å². The molecule has 0 fully saturated rings. The zero-order valence-electron chi connectivity index (χ0n) is 7.98. The SMILES string of the molecule is Nc1snnc1CSc1cc(Cl)ccc1Cl. The fraction of sp³-hybridized carbons (Fsp3) is 0.111. The summed E-state index contributed by atoms with van der Waals surface area (Å²) in [6.07, 6.45) is 0. The standard InChI is InChI=1S/C9H7Cl2N3S2/c10-5-1-2-6(11)8(3-5)15-4-7-9(12)16-14-13-7/h1-3H,4,12H2. The van der Waals surface area contributed by atoms with Gasteiger partial charge in [-0.2, -0.15) is 0 Å². The molecule has 2 aromatic rings. The number of benzene rings is 1. The molecule has 0 amide bonds. The quantitative estimate of drug-likeness (QED) is 0.876. The summed E-state index contributed by atoms with van der Waals surface area (Å²) in [7, 11) is 0. The van der Waals surface area contributed by atoms with Crippen LogP contribution in [0.1, 0.15) is 5.69 Å². The normalized spacial score (nSPS) is 10.6. The minimum Gasteiger partial charge on any atom is -0.388 e. The Kier molecular flexibility index (Phi) is 3.91. The van der Waals surface area contributed by atoms with Crippen LogP contribution in [0.3, 0.4) is 0 Å². The second kappa shape index (κ2) is 5.23. The van der Waals surface area contributed by atoms with Crippen LogP contribution in [-0.4, -0.2) is 9.59 Å². The molecule has 1 aromatic carbocycles. The number of thioether (sulfide) groups is 1. The van der Waals surface area contributed by atoms with Gasteiger partial charge in [0, 0.05) is 27.2 Å². The second-order valence-corrected chi connectivity index (χ2v) is 5.59. The highest BCUT2D eigenvalue weighted by Crippen LogP contribution is 2.32. The molecular weight excluding hydrogens is 285 g/mol. The number of halogens is 2. The number of nitrogens with two attached hydrogens (primary N) is 1. The zero-order valence-corrected chi connectivity index (χ0v) is 11.1. The van der Waals surface area contributed by atoms with E-state index in [1.165, 1.54) is 11.5 Å². The molecule has 0 radical (unpaired) electrons. The largest absolute Gasteiger partial charge is 0.388 e. The first-order chi connectivity index (χ1) is 7.66. The van der Waals surface area contributed by atoms with Crippen LogP contribution in [0.25, 0.3) is 0 Å². The summed E-state index contributed by atoms with van der Waals surface area (Å²) in [6.45, 7) is 0. The highest BCUT2D eigenvalue weighted by Gasteiger charge is 2.07. The molecule has 0 unspecified atom stereocenters. The van der Waals surface area contributed by atoms with Crippen molar-refractivity contribution in [1.29, 1.82) is 0 Å². The van der Waals surface area contributed by atoms with Crippen LogP contribution < -0.4 is 5.73 Å². The third-order valence-corrected chi connectivity index (χ3v) is 4.18. The topological polar surface area (TPSA) is 51.8 Å². The Labute approximate surface area is 111 Å². The van der Waals surface area contributed by atoms with Crippen molar-refractivity contribution in [2.75, 3.05) is 5.73 Å². The van der Waals surface area contributed by atoms with E-state index in [-0.39, 0.29) is 0 Å². The number of hydrogen-bond donors (Lipinski definition) is 1. The molecule has 2 rings (SSSR count). The van der Waals surface area contributed by atoms with Crippen LogP contribution in [0, 0.1) is 0 Å². The predicted octanol–water partition coefficient (Wildman–Crippen LogP) is 3.72. The molecule has 0 bridgehead atoms. The zero-order chi connectivity index (χ0) is 11.5. The highest BCUT2D eigenvalue weighted by atomic mass is 35.5. The predicted molar refractivity (Wildman–Crippen MR) is 70.3 cm³/mol. The van der Waals surface area contributed by atoms with Crippen molar-refractivity contribution in [3.63, 3.8) is 0 Å². The molecular formula is C9H7Cl2N3S2. The molecule has 0 aliphatic heterocycles. The van der Waals surface area contributed by atoms with E-state index in [0.29, 0.717) is 20.8 Å². The molecule has 0 aliphatic carbocycles. The average Bonchev–Trinajstić information content (AvgIpc) is 2.66. The fourth-order valence-corrected chi connectivity index (χ4v) is 3.03. The van der Waals surface area contributed by atoms with Gasteiger partial charge in [0.2, 0.25) is 0 Å². The Hall–Kier alpha value is -0.490. The molecule has 0 aliphatic rings. The Morgan fingerprint density at radius 2 is 2.19 bits per heavy atom. The number of nitrogen functional groups attached to an aromatic ring is 1. The highest BCUT2D eigenvalue weighted by molar-refractivity contribution is 7.98. The monoisotopic (exact) mass is 291 g/mol. The van der Waals surface area contributed by atoms with Gasteiger partial charge in [-0.1, -0.05) is 27.7 Å². The average molecular weight is 292 g/mol. The van der Waals surface area contributed by atoms with Crippen molar-refractivity contribution in [1.82, 2.24) is 9.59 Å². The van der Waals surface area contributed by atoms with Gasteiger partial charge in [-0.3, -0.25) is 0 Å². The van der Waals surface area contributed by atoms with Crippen molar-refractivity contribution in [3.05, 3.63) is 33.9 Å². The van der Waals surface area contributed by atoms with Crippen molar-refractivity contribution >= 4 is 51.5 Å². The lowest BCUT2D eigenvalue weighted by Crippen LogP contribution is -1.89. The summed E-state index contributed by atoms with van der Waals surface area (Å²) < 4.78 is 3.77. The van der Waals surface area contributed by atoms with Gasteiger partial charge in [-0.25, -0.2) is 0 Å². The smallest absolute Gasteiger partial charge is 0.131 e. The van der Waals surface area contributed by atoms with Crippen LogP contribution in [0.5, 0.6) is 0 Å². The Balaban J connectivity index is 2.10. The van der Waals surface area contributed by atoms with E-state index in [1.54, 1.807) is 23.9 Å². The molecule has 0 spiro atoms. The summed E-state index contributed by atoms with van der Waals surface area (Å²) in [5.41, 5.74) is 6.48. The first-order valence-electron chi connectivity index (χ1n) is 4.31. The van der Waals surface area contributed by atoms with Gasteiger partial charge in [0.05, 0.1) is 5.02 Å². The summed E-state index contributed by atoms with van der Waals surface area (Å²) >= 11 is 14.7. The molecule has 1 aromatic heterocycles. The lowest BCUT2D eigenvalue weighted by Gasteiger charge is -2.03. The molecule has 3 nitrogen and oxygen atoms in total. The Morgan fingerprint density at radius 1 is 1.38 bits per heavy atom. The maximum Gasteiger partial charge on any atom is 0.131 e. The van der Waals surface area contributed by atoms with E-state index in [2.05, 4.69) is 9.59 Å². The van der Waals surface area contributed by atoms with Crippen molar-refractivity contribution < 1.29 is 0 Å². The van der Waals surface area contributed by atoms with Gasteiger partial charge in [-0.15, -0.1) is 16.9 Å². The molecule has 16 heavy (non-hydrogen) atoms. The van der Waals surface area contributed by atoms with Crippen molar-refractivity contribution in [2.24, 2.45) is 0 Å². The first kappa shape index (κ1) is 12.0. The summed E-state index contributed by atoms with van der Waals surface area (Å²) in [4.78, 5) is 0.918. The fourth-order valence-electron chi connectivity index (χ4n) is 1.05.